The van der Waals surface area contributed by atoms with Gasteiger partial charge in [-0.05, 0) is 62.8 Å². The van der Waals surface area contributed by atoms with Crippen molar-refractivity contribution in [1.29, 1.82) is 0 Å². The Morgan fingerprint density at radius 3 is 2.56 bits per heavy atom. The van der Waals surface area contributed by atoms with Crippen molar-refractivity contribution in [2.45, 2.75) is 45.6 Å². The molecule has 2 aromatic rings. The maximum absolute atomic E-state index is 12.9. The molecular weight excluding hydrogens is 424 g/mol. The number of hydrogen-bond donors (Lipinski definition) is 1. The van der Waals surface area contributed by atoms with Crippen LogP contribution in [0.15, 0.2) is 54.6 Å². The third kappa shape index (κ3) is 6.81. The first-order chi connectivity index (χ1) is 15.4. The van der Waals surface area contributed by atoms with Crippen LogP contribution in [0.1, 0.15) is 50.3 Å². The van der Waals surface area contributed by atoms with Gasteiger partial charge in [-0.2, -0.15) is 0 Å². The summed E-state index contributed by atoms with van der Waals surface area (Å²) in [5.74, 6) is 0.502. The van der Waals surface area contributed by atoms with Crippen molar-refractivity contribution in [3.05, 3.63) is 65.7 Å². The topological polar surface area (TPSA) is 75.7 Å². The van der Waals surface area contributed by atoms with Crippen molar-refractivity contribution in [2.24, 2.45) is 5.92 Å². The van der Waals surface area contributed by atoms with E-state index in [1.54, 1.807) is 0 Å². The second kappa shape index (κ2) is 11.5. The average molecular weight is 459 g/mol. The lowest BCUT2D eigenvalue weighted by molar-refractivity contribution is -0.126. The molecule has 7 heteroatoms. The Kier molecular flexibility index (Phi) is 8.70. The highest BCUT2D eigenvalue weighted by Gasteiger charge is 2.32. The SMILES string of the molecule is CCOc1ccc([C@@H](C)NC(=O)[C@H]2CCCN(S(=O)(=O)CCCc3ccccc3)C2)cc1. The molecule has 1 amide bonds. The molecule has 1 saturated heterocycles. The van der Waals surface area contributed by atoms with Crippen LogP contribution in [0.4, 0.5) is 0 Å². The normalized spacial score (nSPS) is 18.1. The molecule has 174 valence electrons. The standard InChI is InChI=1S/C25H34N2O4S/c1-3-31-24-15-13-22(14-16-24)20(2)26-25(28)23-12-7-17-27(19-23)32(29,30)18-8-11-21-9-5-4-6-10-21/h4-6,9-10,13-16,20,23H,3,7-8,11-12,17-19H2,1-2H3,(H,26,28)/t20-,23+/m1/s1. The Labute approximate surface area is 192 Å². The summed E-state index contributed by atoms with van der Waals surface area (Å²) in [5.41, 5.74) is 2.13. The predicted molar refractivity (Wildman–Crippen MR) is 127 cm³/mol. The molecule has 0 aromatic heterocycles. The number of amides is 1. The minimum atomic E-state index is -3.37. The van der Waals surface area contributed by atoms with Crippen molar-refractivity contribution >= 4 is 15.9 Å². The van der Waals surface area contributed by atoms with E-state index in [1.807, 2.05) is 68.4 Å². The number of carbonyl (C=O) groups is 1. The Morgan fingerprint density at radius 2 is 1.88 bits per heavy atom. The summed E-state index contributed by atoms with van der Waals surface area (Å²) in [6.45, 7) is 5.24. The third-order valence-corrected chi connectivity index (χ3v) is 7.83. The van der Waals surface area contributed by atoms with E-state index in [2.05, 4.69) is 5.32 Å². The van der Waals surface area contributed by atoms with Gasteiger partial charge in [0.15, 0.2) is 0 Å². The van der Waals surface area contributed by atoms with Gasteiger partial charge >= 0.3 is 0 Å². The van der Waals surface area contributed by atoms with Crippen molar-refractivity contribution < 1.29 is 17.9 Å². The largest absolute Gasteiger partial charge is 0.494 e. The zero-order chi connectivity index (χ0) is 23.0. The van der Waals surface area contributed by atoms with E-state index in [0.29, 0.717) is 32.4 Å². The molecular formula is C25H34N2O4S. The molecule has 0 radical (unpaired) electrons. The summed E-state index contributed by atoms with van der Waals surface area (Å²) in [6, 6.07) is 17.4. The maximum atomic E-state index is 12.9. The van der Waals surface area contributed by atoms with E-state index in [1.165, 1.54) is 4.31 Å². The summed E-state index contributed by atoms with van der Waals surface area (Å²) < 4.78 is 32.7. The molecule has 0 saturated carbocycles. The summed E-state index contributed by atoms with van der Waals surface area (Å²) in [5, 5.41) is 3.05. The number of ether oxygens (including phenoxy) is 1. The first kappa shape index (κ1) is 24.3. The van der Waals surface area contributed by atoms with Gasteiger partial charge in [0.1, 0.15) is 5.75 Å². The van der Waals surface area contributed by atoms with E-state index < -0.39 is 10.0 Å². The number of nitrogens with zero attached hydrogens (tertiary/aromatic N) is 1. The molecule has 0 bridgehead atoms. The Bertz CT molecular complexity index is 961. The molecule has 32 heavy (non-hydrogen) atoms. The molecule has 1 aliphatic rings. The first-order valence-electron chi connectivity index (χ1n) is 11.4. The summed E-state index contributed by atoms with van der Waals surface area (Å²) in [4.78, 5) is 12.9. The van der Waals surface area contributed by atoms with Crippen LogP contribution in [0, 0.1) is 5.92 Å². The molecule has 2 aromatic carbocycles. The molecule has 1 heterocycles. The van der Waals surface area contributed by atoms with Gasteiger partial charge < -0.3 is 10.1 Å². The quantitative estimate of drug-likeness (QED) is 0.585. The van der Waals surface area contributed by atoms with Gasteiger partial charge in [0, 0.05) is 13.1 Å². The van der Waals surface area contributed by atoms with Gasteiger partial charge in [-0.1, -0.05) is 42.5 Å². The molecule has 0 unspecified atom stereocenters. The van der Waals surface area contributed by atoms with Crippen LogP contribution in [0.25, 0.3) is 0 Å². The maximum Gasteiger partial charge on any atom is 0.224 e. The molecule has 1 fully saturated rings. The number of carbonyl (C=O) groups excluding carboxylic acids is 1. The molecule has 1 aliphatic heterocycles. The number of sulfonamides is 1. The van der Waals surface area contributed by atoms with Gasteiger partial charge in [0.2, 0.25) is 15.9 Å². The van der Waals surface area contributed by atoms with E-state index in [9.17, 15) is 13.2 Å². The van der Waals surface area contributed by atoms with Crippen LogP contribution >= 0.6 is 0 Å². The number of rotatable bonds is 10. The fourth-order valence-corrected chi connectivity index (χ4v) is 5.66. The highest BCUT2D eigenvalue weighted by molar-refractivity contribution is 7.89. The summed E-state index contributed by atoms with van der Waals surface area (Å²) >= 11 is 0. The van der Waals surface area contributed by atoms with E-state index >= 15 is 0 Å². The van der Waals surface area contributed by atoms with Crippen LogP contribution in [-0.2, 0) is 21.2 Å². The second-order valence-corrected chi connectivity index (χ2v) is 10.4. The lowest BCUT2D eigenvalue weighted by atomic mass is 9.98. The molecule has 2 atom stereocenters. The zero-order valence-electron chi connectivity index (χ0n) is 19.0. The zero-order valence-corrected chi connectivity index (χ0v) is 19.8. The average Bonchev–Trinajstić information content (AvgIpc) is 2.80. The van der Waals surface area contributed by atoms with E-state index in [0.717, 1.165) is 23.3 Å². The Balaban J connectivity index is 1.51. The molecule has 3 rings (SSSR count). The minimum Gasteiger partial charge on any atom is -0.494 e. The first-order valence-corrected chi connectivity index (χ1v) is 13.0. The summed E-state index contributed by atoms with van der Waals surface area (Å²) in [7, 11) is -3.37. The van der Waals surface area contributed by atoms with E-state index in [4.69, 9.17) is 4.74 Å². The predicted octanol–water partition coefficient (Wildman–Crippen LogP) is 3.94. The number of nitrogens with one attached hydrogen (secondary N) is 1. The fraction of sp³-hybridized carbons (Fsp3) is 0.480. The van der Waals surface area contributed by atoms with Gasteiger partial charge in [-0.15, -0.1) is 0 Å². The molecule has 1 N–H and O–H groups in total. The number of hydrogen-bond acceptors (Lipinski definition) is 4. The van der Waals surface area contributed by atoms with Crippen molar-refractivity contribution in [1.82, 2.24) is 9.62 Å². The highest BCUT2D eigenvalue weighted by atomic mass is 32.2. The van der Waals surface area contributed by atoms with Crippen molar-refractivity contribution in [3.8, 4) is 5.75 Å². The molecule has 0 spiro atoms. The van der Waals surface area contributed by atoms with Gasteiger partial charge in [0.25, 0.3) is 0 Å². The van der Waals surface area contributed by atoms with E-state index in [-0.39, 0.29) is 30.2 Å². The number of aryl methyl sites for hydroxylation is 1. The second-order valence-electron chi connectivity index (χ2n) is 8.33. The van der Waals surface area contributed by atoms with Crippen molar-refractivity contribution in [2.75, 3.05) is 25.4 Å². The highest BCUT2D eigenvalue weighted by Crippen LogP contribution is 2.23. The Morgan fingerprint density at radius 1 is 1.16 bits per heavy atom. The summed E-state index contributed by atoms with van der Waals surface area (Å²) in [6.07, 6.45) is 2.72. The smallest absolute Gasteiger partial charge is 0.224 e. The van der Waals surface area contributed by atoms with Crippen molar-refractivity contribution in [3.63, 3.8) is 0 Å². The number of benzene rings is 2. The van der Waals surface area contributed by atoms with Crippen LogP contribution in [0.3, 0.4) is 0 Å². The Hall–Kier alpha value is -2.38. The van der Waals surface area contributed by atoms with Crippen LogP contribution in [0.2, 0.25) is 0 Å². The van der Waals surface area contributed by atoms with Gasteiger partial charge in [-0.25, -0.2) is 12.7 Å². The van der Waals surface area contributed by atoms with Crippen LogP contribution in [-0.4, -0.2) is 44.1 Å². The van der Waals surface area contributed by atoms with Gasteiger partial charge in [0.05, 0.1) is 24.3 Å². The monoisotopic (exact) mass is 458 g/mol. The lowest BCUT2D eigenvalue weighted by Gasteiger charge is -2.32. The third-order valence-electron chi connectivity index (χ3n) is 5.91. The molecule has 6 nitrogen and oxygen atoms in total. The molecule has 0 aliphatic carbocycles. The fourth-order valence-electron chi connectivity index (χ4n) is 4.08. The van der Waals surface area contributed by atoms with Crippen LogP contribution in [0.5, 0.6) is 5.75 Å². The van der Waals surface area contributed by atoms with Gasteiger partial charge in [-0.3, -0.25) is 4.79 Å². The van der Waals surface area contributed by atoms with Crippen LogP contribution < -0.4 is 10.1 Å². The lowest BCUT2D eigenvalue weighted by Crippen LogP contribution is -2.46. The minimum absolute atomic E-state index is 0.0874. The number of piperidine rings is 1.